The first-order valence-corrected chi connectivity index (χ1v) is 8.17. The molecule has 0 spiro atoms. The Bertz CT molecular complexity index is 475. The summed E-state index contributed by atoms with van der Waals surface area (Å²) >= 11 is 3.15. The van der Waals surface area contributed by atoms with Crippen molar-refractivity contribution in [3.05, 3.63) is 24.3 Å². The van der Waals surface area contributed by atoms with Crippen LogP contribution in [0.5, 0.6) is 0 Å². The van der Waals surface area contributed by atoms with Crippen LogP contribution < -0.4 is 4.31 Å². The molecule has 0 saturated carbocycles. The second-order valence-electron chi connectivity index (χ2n) is 3.24. The highest BCUT2D eigenvalue weighted by Crippen LogP contribution is 2.41. The number of nitrogens with zero attached hydrogens (tertiary/aromatic N) is 1. The number of thioether (sulfide) groups is 1. The zero-order valence-corrected chi connectivity index (χ0v) is 10.8. The lowest BCUT2D eigenvalue weighted by atomic mass is 10.3. The van der Waals surface area contributed by atoms with Crippen LogP contribution in [-0.4, -0.2) is 30.4 Å². The molecule has 0 atom stereocenters. The Labute approximate surface area is 103 Å². The summed E-state index contributed by atoms with van der Waals surface area (Å²) in [6.07, 6.45) is 0. The molecule has 1 N–H and O–H groups in total. The number of rotatable bonds is 4. The van der Waals surface area contributed by atoms with Crippen molar-refractivity contribution in [3.8, 4) is 0 Å². The van der Waals surface area contributed by atoms with Crippen molar-refractivity contribution in [2.75, 3.05) is 21.7 Å². The van der Waals surface area contributed by atoms with E-state index in [1.807, 2.05) is 28.6 Å². The van der Waals surface area contributed by atoms with Crippen molar-refractivity contribution in [2.45, 2.75) is 4.90 Å². The number of fused-ring (bicyclic) bond motifs is 1. The molecule has 16 heavy (non-hydrogen) atoms. The van der Waals surface area contributed by atoms with Gasteiger partial charge < -0.3 is 4.31 Å². The molecule has 0 aliphatic carbocycles. The molecule has 1 heterocycles. The molecule has 0 bridgehead atoms. The van der Waals surface area contributed by atoms with Gasteiger partial charge >= 0.3 is 0 Å². The van der Waals surface area contributed by atoms with Crippen LogP contribution in [-0.2, 0) is 10.1 Å². The molecular formula is C9H11NO3S3. The van der Waals surface area contributed by atoms with E-state index in [9.17, 15) is 8.42 Å². The maximum atomic E-state index is 10.6. The molecule has 1 aliphatic rings. The van der Waals surface area contributed by atoms with E-state index in [2.05, 4.69) is 0 Å². The normalized spacial score (nSPS) is 15.2. The number of para-hydroxylation sites is 1. The summed E-state index contributed by atoms with van der Waals surface area (Å²) < 4.78 is 31.8. The fourth-order valence-corrected chi connectivity index (χ4v) is 4.41. The van der Waals surface area contributed by atoms with E-state index in [0.29, 0.717) is 5.75 Å². The first-order valence-electron chi connectivity index (χ1n) is 4.64. The first kappa shape index (κ1) is 12.1. The topological polar surface area (TPSA) is 57.6 Å². The van der Waals surface area contributed by atoms with Crippen molar-refractivity contribution < 1.29 is 13.0 Å². The quantitative estimate of drug-likeness (QED) is 0.672. The van der Waals surface area contributed by atoms with Crippen LogP contribution in [0, 0.1) is 0 Å². The zero-order valence-electron chi connectivity index (χ0n) is 8.37. The number of hydrogen-bond donors (Lipinski definition) is 1. The molecule has 7 heteroatoms. The predicted molar refractivity (Wildman–Crippen MR) is 68.5 cm³/mol. The van der Waals surface area contributed by atoms with Crippen molar-refractivity contribution in [1.82, 2.24) is 0 Å². The number of hydrogen-bond acceptors (Lipinski definition) is 5. The van der Waals surface area contributed by atoms with Crippen LogP contribution in [0.15, 0.2) is 29.2 Å². The summed E-state index contributed by atoms with van der Waals surface area (Å²) in [5.41, 5.74) is 1.12. The highest BCUT2D eigenvalue weighted by Gasteiger charge is 2.19. The van der Waals surface area contributed by atoms with Gasteiger partial charge in [-0.3, -0.25) is 4.55 Å². The molecule has 1 aromatic rings. The Morgan fingerprint density at radius 2 is 2.19 bits per heavy atom. The van der Waals surface area contributed by atoms with E-state index in [0.717, 1.165) is 11.6 Å². The van der Waals surface area contributed by atoms with Crippen molar-refractivity contribution in [1.29, 1.82) is 0 Å². The van der Waals surface area contributed by atoms with Crippen LogP contribution in [0.4, 0.5) is 5.69 Å². The largest absolute Gasteiger partial charge is 0.305 e. The van der Waals surface area contributed by atoms with Crippen LogP contribution >= 0.6 is 23.7 Å². The van der Waals surface area contributed by atoms with Gasteiger partial charge in [0, 0.05) is 10.6 Å². The van der Waals surface area contributed by atoms with Crippen LogP contribution in [0.2, 0.25) is 0 Å². The van der Waals surface area contributed by atoms with Crippen LogP contribution in [0.1, 0.15) is 0 Å². The summed E-state index contributed by atoms with van der Waals surface area (Å²) in [4.78, 5) is 1.21. The second kappa shape index (κ2) is 4.87. The Kier molecular flexibility index (Phi) is 3.68. The number of anilines is 1. The number of benzene rings is 1. The van der Waals surface area contributed by atoms with Crippen molar-refractivity contribution >= 4 is 39.5 Å². The lowest BCUT2D eigenvalue weighted by molar-refractivity contribution is 0.485. The third-order valence-electron chi connectivity index (χ3n) is 2.06. The Morgan fingerprint density at radius 1 is 1.44 bits per heavy atom. The Morgan fingerprint density at radius 3 is 2.94 bits per heavy atom. The predicted octanol–water partition coefficient (Wildman–Crippen LogP) is 2.09. The van der Waals surface area contributed by atoms with E-state index < -0.39 is 10.1 Å². The Hall–Kier alpha value is -0.370. The van der Waals surface area contributed by atoms with E-state index in [4.69, 9.17) is 4.55 Å². The van der Waals surface area contributed by atoms with Gasteiger partial charge in [0.05, 0.1) is 17.3 Å². The summed E-state index contributed by atoms with van der Waals surface area (Å²) in [5, 5.41) is 0. The average Bonchev–Trinajstić information content (AvgIpc) is 2.60. The fraction of sp³-hybridized carbons (Fsp3) is 0.333. The third kappa shape index (κ3) is 3.07. The molecule has 1 aliphatic heterocycles. The minimum Gasteiger partial charge on any atom is -0.305 e. The van der Waals surface area contributed by atoms with Gasteiger partial charge in [0.15, 0.2) is 0 Å². The minimum absolute atomic E-state index is 0.207. The van der Waals surface area contributed by atoms with Gasteiger partial charge in [-0.25, -0.2) is 0 Å². The van der Waals surface area contributed by atoms with Crippen LogP contribution in [0.25, 0.3) is 0 Å². The van der Waals surface area contributed by atoms with Crippen molar-refractivity contribution in [3.63, 3.8) is 0 Å². The molecule has 0 unspecified atom stereocenters. The maximum absolute atomic E-state index is 10.6. The molecule has 0 saturated heterocycles. The van der Waals surface area contributed by atoms with Gasteiger partial charge in [-0.05, 0) is 24.1 Å². The van der Waals surface area contributed by atoms with E-state index in [-0.39, 0.29) is 5.75 Å². The van der Waals surface area contributed by atoms with Crippen molar-refractivity contribution in [2.24, 2.45) is 0 Å². The monoisotopic (exact) mass is 277 g/mol. The van der Waals surface area contributed by atoms with Crippen LogP contribution in [0.3, 0.4) is 0 Å². The molecule has 0 aromatic heterocycles. The smallest absolute Gasteiger partial charge is 0.265 e. The van der Waals surface area contributed by atoms with Gasteiger partial charge in [0.25, 0.3) is 10.1 Å². The molecular weight excluding hydrogens is 266 g/mol. The molecule has 0 amide bonds. The second-order valence-corrected chi connectivity index (χ2v) is 6.90. The molecule has 4 nitrogen and oxygen atoms in total. The SMILES string of the molecule is O=S(=O)(O)CCSN1CSc2ccccc21. The standard InChI is InChI=1S/C9H11NO3S3/c11-16(12,13)6-5-15-10-7-14-9-4-2-1-3-8(9)10/h1-4H,5-7H2,(H,11,12,13). The lowest BCUT2D eigenvalue weighted by Crippen LogP contribution is -2.14. The van der Waals surface area contributed by atoms with E-state index in [1.54, 1.807) is 11.8 Å². The fourth-order valence-electron chi connectivity index (χ4n) is 1.34. The maximum Gasteiger partial charge on any atom is 0.265 e. The van der Waals surface area contributed by atoms with E-state index >= 15 is 0 Å². The van der Waals surface area contributed by atoms with Gasteiger partial charge in [-0.15, -0.1) is 11.8 Å². The summed E-state index contributed by atoms with van der Waals surface area (Å²) in [5.74, 6) is 0.976. The molecule has 0 radical (unpaired) electrons. The molecule has 2 rings (SSSR count). The summed E-state index contributed by atoms with van der Waals surface area (Å²) in [6, 6.07) is 8.00. The van der Waals surface area contributed by atoms with Gasteiger partial charge in [-0.2, -0.15) is 8.42 Å². The highest BCUT2D eigenvalue weighted by molar-refractivity contribution is 8.05. The molecule has 88 valence electrons. The molecule has 0 fully saturated rings. The molecule has 1 aromatic carbocycles. The highest BCUT2D eigenvalue weighted by atomic mass is 32.2. The summed E-state index contributed by atoms with van der Waals surface area (Å²) in [7, 11) is -3.85. The summed E-state index contributed by atoms with van der Waals surface area (Å²) in [6.45, 7) is 0. The Balaban J connectivity index is 1.94. The lowest BCUT2D eigenvalue weighted by Gasteiger charge is -2.15. The van der Waals surface area contributed by atoms with E-state index in [1.165, 1.54) is 16.8 Å². The van der Waals surface area contributed by atoms with Gasteiger partial charge in [-0.1, -0.05) is 12.1 Å². The zero-order chi connectivity index (χ0) is 11.6. The minimum atomic E-state index is -3.85. The van der Waals surface area contributed by atoms with Gasteiger partial charge in [0.1, 0.15) is 0 Å². The average molecular weight is 277 g/mol. The van der Waals surface area contributed by atoms with Gasteiger partial charge in [0.2, 0.25) is 0 Å². The first-order chi connectivity index (χ1) is 7.56. The third-order valence-corrected chi connectivity index (χ3v) is 5.27.